The van der Waals surface area contributed by atoms with Crippen LogP contribution in [0.3, 0.4) is 0 Å². The molecule has 3 amide bonds. The van der Waals surface area contributed by atoms with Gasteiger partial charge in [-0.2, -0.15) is 13.2 Å². The molecule has 0 spiro atoms. The molecule has 0 unspecified atom stereocenters. The average Bonchev–Trinajstić information content (AvgIpc) is 3.47. The first-order valence-electron chi connectivity index (χ1n) is 10.8. The van der Waals surface area contributed by atoms with Crippen LogP contribution in [0.4, 0.5) is 35.0 Å². The van der Waals surface area contributed by atoms with Gasteiger partial charge in [0, 0.05) is 37.6 Å². The Kier molecular flexibility index (Phi) is 6.25. The number of para-hydroxylation sites is 1. The maximum Gasteiger partial charge on any atom is 0.418 e. The Morgan fingerprint density at radius 2 is 1.50 bits per heavy atom. The maximum absolute atomic E-state index is 13.2. The molecular formula is C23H25F3N4O2. The van der Waals surface area contributed by atoms with Crippen molar-refractivity contribution in [3.63, 3.8) is 0 Å². The number of amides is 3. The predicted molar refractivity (Wildman–Crippen MR) is 117 cm³/mol. The maximum atomic E-state index is 13.2. The molecule has 0 aromatic heterocycles. The first-order valence-corrected chi connectivity index (χ1v) is 10.8. The monoisotopic (exact) mass is 446 g/mol. The van der Waals surface area contributed by atoms with Gasteiger partial charge in [-0.3, -0.25) is 4.79 Å². The Balaban J connectivity index is 1.56. The summed E-state index contributed by atoms with van der Waals surface area (Å²) in [5.74, 6) is -0.0872. The molecule has 4 rings (SSSR count). The number of hydrogen-bond acceptors (Lipinski definition) is 3. The lowest BCUT2D eigenvalue weighted by Gasteiger charge is -2.24. The zero-order chi connectivity index (χ0) is 22.7. The van der Waals surface area contributed by atoms with Gasteiger partial charge in [-0.1, -0.05) is 12.1 Å². The summed E-state index contributed by atoms with van der Waals surface area (Å²) in [6.45, 7) is 3.12. The van der Waals surface area contributed by atoms with Crippen LogP contribution in [0.5, 0.6) is 0 Å². The number of hydrogen-bond donors (Lipinski definition) is 2. The molecular weight excluding hydrogens is 421 g/mol. The lowest BCUT2D eigenvalue weighted by Crippen LogP contribution is -2.30. The molecule has 2 aliphatic heterocycles. The molecule has 170 valence electrons. The van der Waals surface area contributed by atoms with Gasteiger partial charge in [-0.05, 0) is 56.0 Å². The van der Waals surface area contributed by atoms with Crippen LogP contribution in [-0.4, -0.2) is 43.0 Å². The van der Waals surface area contributed by atoms with Crippen LogP contribution in [0.15, 0.2) is 42.5 Å². The van der Waals surface area contributed by atoms with Gasteiger partial charge in [-0.15, -0.1) is 0 Å². The number of likely N-dealkylation sites (tertiary alicyclic amines) is 1. The number of benzene rings is 2. The fourth-order valence-corrected chi connectivity index (χ4v) is 4.23. The zero-order valence-electron chi connectivity index (χ0n) is 17.5. The Labute approximate surface area is 184 Å². The molecule has 2 aromatic rings. The topological polar surface area (TPSA) is 64.7 Å². The van der Waals surface area contributed by atoms with E-state index in [9.17, 15) is 22.8 Å². The van der Waals surface area contributed by atoms with Gasteiger partial charge in [0.05, 0.1) is 16.8 Å². The molecule has 2 aliphatic rings. The third kappa shape index (κ3) is 4.81. The van der Waals surface area contributed by atoms with E-state index < -0.39 is 17.8 Å². The molecule has 2 N–H and O–H groups in total. The molecule has 2 heterocycles. The van der Waals surface area contributed by atoms with Crippen molar-refractivity contribution in [2.45, 2.75) is 31.9 Å². The highest BCUT2D eigenvalue weighted by atomic mass is 19.4. The molecule has 0 aliphatic carbocycles. The Morgan fingerprint density at radius 1 is 0.844 bits per heavy atom. The van der Waals surface area contributed by atoms with E-state index in [4.69, 9.17) is 0 Å². The second-order valence-electron chi connectivity index (χ2n) is 8.05. The number of anilines is 3. The molecule has 0 saturated carbocycles. The Morgan fingerprint density at radius 3 is 2.19 bits per heavy atom. The van der Waals surface area contributed by atoms with Crippen molar-refractivity contribution in [1.82, 2.24) is 4.90 Å². The smallest absolute Gasteiger partial charge is 0.371 e. The van der Waals surface area contributed by atoms with E-state index >= 15 is 0 Å². The number of nitrogens with zero attached hydrogens (tertiary/aromatic N) is 2. The van der Waals surface area contributed by atoms with Crippen LogP contribution in [0.2, 0.25) is 0 Å². The van der Waals surface area contributed by atoms with Crippen LogP contribution in [0.25, 0.3) is 0 Å². The number of alkyl halides is 3. The summed E-state index contributed by atoms with van der Waals surface area (Å²) in [4.78, 5) is 29.6. The van der Waals surface area contributed by atoms with Crippen LogP contribution in [0, 0.1) is 0 Å². The summed E-state index contributed by atoms with van der Waals surface area (Å²) >= 11 is 0. The van der Waals surface area contributed by atoms with Crippen LogP contribution in [0.1, 0.15) is 41.6 Å². The lowest BCUT2D eigenvalue weighted by molar-refractivity contribution is -0.136. The molecule has 2 saturated heterocycles. The van der Waals surface area contributed by atoms with Crippen molar-refractivity contribution in [3.05, 3.63) is 53.6 Å². The number of carbonyl (C=O) groups excluding carboxylic acids is 2. The third-order valence-corrected chi connectivity index (χ3v) is 5.81. The Hall–Kier alpha value is -3.23. The van der Waals surface area contributed by atoms with Crippen LogP contribution < -0.4 is 15.5 Å². The predicted octanol–water partition coefficient (Wildman–Crippen LogP) is 5.19. The highest BCUT2D eigenvalue weighted by Crippen LogP contribution is 2.35. The summed E-state index contributed by atoms with van der Waals surface area (Å²) in [5, 5.41) is 4.83. The Bertz CT molecular complexity index is 997. The van der Waals surface area contributed by atoms with Gasteiger partial charge in [0.15, 0.2) is 0 Å². The van der Waals surface area contributed by atoms with Crippen molar-refractivity contribution in [2.24, 2.45) is 0 Å². The molecule has 9 heteroatoms. The first-order chi connectivity index (χ1) is 15.3. The SMILES string of the molecule is O=C(Nc1ccc(N2CCCC2)c(C(=O)N2CCCC2)c1)Nc1ccccc1C(F)(F)F. The van der Waals surface area contributed by atoms with E-state index in [0.29, 0.717) is 24.3 Å². The number of nitrogens with one attached hydrogen (secondary N) is 2. The zero-order valence-corrected chi connectivity index (χ0v) is 17.5. The second kappa shape index (κ2) is 9.10. The van der Waals surface area contributed by atoms with Gasteiger partial charge in [0.2, 0.25) is 0 Å². The minimum atomic E-state index is -4.59. The second-order valence-corrected chi connectivity index (χ2v) is 8.05. The van der Waals surface area contributed by atoms with E-state index in [2.05, 4.69) is 15.5 Å². The average molecular weight is 446 g/mol. The highest BCUT2D eigenvalue weighted by molar-refractivity contribution is 6.04. The van der Waals surface area contributed by atoms with Gasteiger partial charge < -0.3 is 20.4 Å². The summed E-state index contributed by atoms with van der Waals surface area (Å²) in [5.41, 5.74) is 0.413. The molecule has 0 bridgehead atoms. The molecule has 32 heavy (non-hydrogen) atoms. The quantitative estimate of drug-likeness (QED) is 0.680. The van der Waals surface area contributed by atoms with Gasteiger partial charge in [0.25, 0.3) is 5.91 Å². The number of rotatable bonds is 4. The summed E-state index contributed by atoms with van der Waals surface area (Å²) in [6, 6.07) is 9.06. The van der Waals surface area contributed by atoms with Gasteiger partial charge in [-0.25, -0.2) is 4.79 Å². The summed E-state index contributed by atoms with van der Waals surface area (Å²) in [7, 11) is 0. The first kappa shape index (κ1) is 22.0. The minimum Gasteiger partial charge on any atom is -0.371 e. The van der Waals surface area contributed by atoms with E-state index in [-0.39, 0.29) is 11.6 Å². The number of urea groups is 1. The van der Waals surface area contributed by atoms with Gasteiger partial charge in [0.1, 0.15) is 0 Å². The number of carbonyl (C=O) groups is 2. The van der Waals surface area contributed by atoms with Crippen LogP contribution >= 0.6 is 0 Å². The van der Waals surface area contributed by atoms with E-state index in [1.54, 1.807) is 23.1 Å². The molecule has 2 aromatic carbocycles. The van der Waals surface area contributed by atoms with Crippen molar-refractivity contribution >= 4 is 29.0 Å². The molecule has 6 nitrogen and oxygen atoms in total. The lowest BCUT2D eigenvalue weighted by atomic mass is 10.1. The molecule has 0 radical (unpaired) electrons. The van der Waals surface area contributed by atoms with E-state index in [1.807, 2.05) is 0 Å². The van der Waals surface area contributed by atoms with Crippen molar-refractivity contribution in [3.8, 4) is 0 Å². The van der Waals surface area contributed by atoms with Crippen molar-refractivity contribution in [1.29, 1.82) is 0 Å². The number of halogens is 3. The summed E-state index contributed by atoms with van der Waals surface area (Å²) < 4.78 is 39.6. The van der Waals surface area contributed by atoms with Gasteiger partial charge >= 0.3 is 12.2 Å². The largest absolute Gasteiger partial charge is 0.418 e. The fourth-order valence-electron chi connectivity index (χ4n) is 4.23. The van der Waals surface area contributed by atoms with E-state index in [1.165, 1.54) is 18.2 Å². The fraction of sp³-hybridized carbons (Fsp3) is 0.391. The normalized spacial score (nSPS) is 16.3. The van der Waals surface area contributed by atoms with Crippen LogP contribution in [-0.2, 0) is 6.18 Å². The standard InChI is InChI=1S/C23H25F3N4O2/c24-23(25,26)18-7-1-2-8-19(18)28-22(32)27-16-9-10-20(29-11-3-4-12-29)17(15-16)21(31)30-13-5-6-14-30/h1-2,7-10,15H,3-6,11-14H2,(H2,27,28,32). The summed E-state index contributed by atoms with van der Waals surface area (Å²) in [6.07, 6.45) is -0.555. The minimum absolute atomic E-state index is 0.0872. The molecule has 0 atom stereocenters. The third-order valence-electron chi connectivity index (χ3n) is 5.81. The van der Waals surface area contributed by atoms with E-state index in [0.717, 1.165) is 50.5 Å². The van der Waals surface area contributed by atoms with Crippen molar-refractivity contribution < 1.29 is 22.8 Å². The molecule has 2 fully saturated rings. The highest BCUT2D eigenvalue weighted by Gasteiger charge is 2.33. The van der Waals surface area contributed by atoms with Crippen molar-refractivity contribution in [2.75, 3.05) is 41.7 Å².